The van der Waals surface area contributed by atoms with Gasteiger partial charge in [-0.05, 0) is 72.3 Å². The first-order chi connectivity index (χ1) is 22.8. The summed E-state index contributed by atoms with van der Waals surface area (Å²) >= 11 is 0. The lowest BCUT2D eigenvalue weighted by molar-refractivity contribution is 0.574. The summed E-state index contributed by atoms with van der Waals surface area (Å²) in [6, 6.07) is 44.8. The minimum atomic E-state index is 0.498. The fraction of sp³-hybridized carbons (Fsp3) is 0. The molecule has 0 spiro atoms. The largest absolute Gasteiger partial charge is 0.436 e. The van der Waals surface area contributed by atoms with E-state index in [0.717, 1.165) is 77.4 Å². The van der Waals surface area contributed by atoms with Gasteiger partial charge >= 0.3 is 6.01 Å². The zero-order valence-corrected chi connectivity index (χ0v) is 24.2. The first-order valence-corrected chi connectivity index (χ1v) is 15.0. The van der Waals surface area contributed by atoms with Gasteiger partial charge in [0, 0.05) is 27.5 Å². The van der Waals surface area contributed by atoms with Gasteiger partial charge in [-0.1, -0.05) is 66.7 Å². The second-order valence-corrected chi connectivity index (χ2v) is 11.3. The number of hydrogen-bond acceptors (Lipinski definition) is 6. The summed E-state index contributed by atoms with van der Waals surface area (Å²) in [5.41, 5.74) is 10.4. The van der Waals surface area contributed by atoms with Gasteiger partial charge in [0.05, 0.1) is 11.0 Å². The normalized spacial score (nSPS) is 11.9. The maximum absolute atomic E-state index is 6.48. The van der Waals surface area contributed by atoms with E-state index in [-0.39, 0.29) is 0 Å². The molecule has 0 aliphatic heterocycles. The standard InChI is InChI=1S/C39H22N4O3/c1-2-9-23(10-3-1)26-11-8-14-31-36(26)46-38(41-31)25-18-20-33-28(22-25)27-21-24(37-40-29-12-4-6-15-34(29)44-37)17-19-32(27)43(33)39-42-30-13-5-7-16-35(30)45-39/h1-22H. The number of oxazole rings is 3. The molecule has 0 fully saturated rings. The highest BCUT2D eigenvalue weighted by atomic mass is 16.4. The molecule has 0 saturated carbocycles. The van der Waals surface area contributed by atoms with Gasteiger partial charge in [0.25, 0.3) is 0 Å². The van der Waals surface area contributed by atoms with E-state index < -0.39 is 0 Å². The predicted octanol–water partition coefficient (Wildman–Crippen LogP) is 10.2. The molecule has 10 rings (SSSR count). The van der Waals surface area contributed by atoms with Gasteiger partial charge < -0.3 is 13.3 Å². The molecule has 46 heavy (non-hydrogen) atoms. The zero-order chi connectivity index (χ0) is 30.2. The molecule has 0 unspecified atom stereocenters. The molecular weight excluding hydrogens is 572 g/mol. The Morgan fingerprint density at radius 1 is 0.435 bits per heavy atom. The lowest BCUT2D eigenvalue weighted by atomic mass is 10.1. The van der Waals surface area contributed by atoms with Crippen LogP contribution in [-0.2, 0) is 0 Å². The second kappa shape index (κ2) is 9.51. The lowest BCUT2D eigenvalue weighted by Gasteiger charge is -2.03. The Morgan fingerprint density at radius 2 is 1.02 bits per heavy atom. The average molecular weight is 595 g/mol. The molecule has 0 aliphatic carbocycles. The highest BCUT2D eigenvalue weighted by Gasteiger charge is 2.21. The molecule has 0 atom stereocenters. The highest BCUT2D eigenvalue weighted by molar-refractivity contribution is 6.11. The Morgan fingerprint density at radius 3 is 1.72 bits per heavy atom. The monoisotopic (exact) mass is 594 g/mol. The van der Waals surface area contributed by atoms with Crippen LogP contribution in [0.15, 0.2) is 147 Å². The molecule has 4 aromatic heterocycles. The number of fused-ring (bicyclic) bond motifs is 6. The number of para-hydroxylation sites is 5. The van der Waals surface area contributed by atoms with Crippen molar-refractivity contribution in [2.75, 3.05) is 0 Å². The first-order valence-electron chi connectivity index (χ1n) is 15.0. The van der Waals surface area contributed by atoms with Crippen molar-refractivity contribution in [3.63, 3.8) is 0 Å². The van der Waals surface area contributed by atoms with E-state index in [1.54, 1.807) is 0 Å². The Labute approximate surface area is 261 Å². The Bertz CT molecular complexity index is 2700. The lowest BCUT2D eigenvalue weighted by Crippen LogP contribution is -1.93. The van der Waals surface area contributed by atoms with Crippen molar-refractivity contribution in [2.45, 2.75) is 0 Å². The van der Waals surface area contributed by atoms with Gasteiger partial charge in [0.15, 0.2) is 16.7 Å². The van der Waals surface area contributed by atoms with Crippen molar-refractivity contribution in [3.05, 3.63) is 133 Å². The van der Waals surface area contributed by atoms with Crippen LogP contribution in [0.3, 0.4) is 0 Å². The van der Waals surface area contributed by atoms with Gasteiger partial charge in [-0.15, -0.1) is 0 Å². The summed E-state index contributed by atoms with van der Waals surface area (Å²) in [4.78, 5) is 14.5. The van der Waals surface area contributed by atoms with Crippen LogP contribution < -0.4 is 0 Å². The third-order valence-corrected chi connectivity index (χ3v) is 8.53. The fourth-order valence-corrected chi connectivity index (χ4v) is 6.36. The van der Waals surface area contributed by atoms with Crippen LogP contribution in [0.1, 0.15) is 0 Å². The first kappa shape index (κ1) is 24.9. The predicted molar refractivity (Wildman–Crippen MR) is 180 cm³/mol. The molecule has 216 valence electrons. The van der Waals surface area contributed by atoms with Crippen LogP contribution in [0.5, 0.6) is 0 Å². The van der Waals surface area contributed by atoms with Crippen LogP contribution in [-0.4, -0.2) is 19.5 Å². The van der Waals surface area contributed by atoms with Crippen LogP contribution in [0, 0.1) is 0 Å². The van der Waals surface area contributed by atoms with E-state index in [1.165, 1.54) is 0 Å². The number of benzene rings is 6. The van der Waals surface area contributed by atoms with Gasteiger partial charge in [-0.3, -0.25) is 4.57 Å². The number of aromatic nitrogens is 4. The topological polar surface area (TPSA) is 83.0 Å². The van der Waals surface area contributed by atoms with Crippen molar-refractivity contribution in [1.82, 2.24) is 19.5 Å². The average Bonchev–Trinajstić information content (AvgIpc) is 3.90. The summed E-state index contributed by atoms with van der Waals surface area (Å²) < 4.78 is 21.0. The highest BCUT2D eigenvalue weighted by Crippen LogP contribution is 2.39. The van der Waals surface area contributed by atoms with E-state index in [4.69, 9.17) is 28.2 Å². The van der Waals surface area contributed by atoms with Crippen molar-refractivity contribution >= 4 is 55.1 Å². The van der Waals surface area contributed by atoms with Crippen LogP contribution in [0.4, 0.5) is 0 Å². The molecule has 4 heterocycles. The van der Waals surface area contributed by atoms with Gasteiger partial charge in [-0.2, -0.15) is 4.98 Å². The van der Waals surface area contributed by atoms with Gasteiger partial charge in [-0.25, -0.2) is 9.97 Å². The third kappa shape index (κ3) is 3.75. The van der Waals surface area contributed by atoms with Gasteiger partial charge in [0.1, 0.15) is 16.6 Å². The summed E-state index contributed by atoms with van der Waals surface area (Å²) in [5.74, 6) is 1.12. The van der Waals surface area contributed by atoms with E-state index in [9.17, 15) is 0 Å². The molecule has 0 aliphatic rings. The number of rotatable bonds is 4. The Kier molecular flexibility index (Phi) is 5.15. The van der Waals surface area contributed by atoms with Crippen molar-refractivity contribution in [3.8, 4) is 40.0 Å². The molecule has 7 nitrogen and oxygen atoms in total. The zero-order valence-electron chi connectivity index (χ0n) is 24.2. The fourth-order valence-electron chi connectivity index (χ4n) is 6.36. The molecule has 6 aromatic carbocycles. The summed E-state index contributed by atoms with van der Waals surface area (Å²) in [6.45, 7) is 0. The molecule has 0 radical (unpaired) electrons. The van der Waals surface area contributed by atoms with Crippen molar-refractivity contribution in [1.29, 1.82) is 0 Å². The van der Waals surface area contributed by atoms with Crippen molar-refractivity contribution in [2.24, 2.45) is 0 Å². The van der Waals surface area contributed by atoms with E-state index >= 15 is 0 Å². The number of hydrogen-bond donors (Lipinski definition) is 0. The molecule has 0 saturated heterocycles. The van der Waals surface area contributed by atoms with E-state index in [1.807, 2.05) is 91.0 Å². The van der Waals surface area contributed by atoms with E-state index in [2.05, 4.69) is 47.0 Å². The SMILES string of the molecule is c1ccc(-c2cccc3nc(-c4ccc5c(c4)c4cc(-c6nc7ccccc7o6)ccc4n5-c4nc5ccccc5o4)oc23)cc1. The minimum absolute atomic E-state index is 0.498. The summed E-state index contributed by atoms with van der Waals surface area (Å²) in [6.07, 6.45) is 0. The summed E-state index contributed by atoms with van der Waals surface area (Å²) in [7, 11) is 0. The smallest absolute Gasteiger partial charge is 0.307 e. The minimum Gasteiger partial charge on any atom is -0.436 e. The van der Waals surface area contributed by atoms with Crippen LogP contribution in [0.25, 0.3) is 95.2 Å². The quantitative estimate of drug-likeness (QED) is 0.202. The molecule has 0 amide bonds. The Hall–Kier alpha value is -6.47. The van der Waals surface area contributed by atoms with Crippen LogP contribution in [0.2, 0.25) is 0 Å². The molecule has 10 aromatic rings. The summed E-state index contributed by atoms with van der Waals surface area (Å²) in [5, 5.41) is 2.00. The maximum Gasteiger partial charge on any atom is 0.307 e. The van der Waals surface area contributed by atoms with Crippen LogP contribution >= 0.6 is 0 Å². The number of nitrogens with zero attached hydrogens (tertiary/aromatic N) is 4. The molecular formula is C39H22N4O3. The molecule has 7 heteroatoms. The van der Waals surface area contributed by atoms with Gasteiger partial charge in [0.2, 0.25) is 11.8 Å². The third-order valence-electron chi connectivity index (χ3n) is 8.53. The maximum atomic E-state index is 6.48. The Balaban J connectivity index is 1.20. The molecule has 0 N–H and O–H groups in total. The second-order valence-electron chi connectivity index (χ2n) is 11.3. The molecule has 0 bridgehead atoms. The van der Waals surface area contributed by atoms with E-state index in [0.29, 0.717) is 17.8 Å². The van der Waals surface area contributed by atoms with Crippen molar-refractivity contribution < 1.29 is 13.3 Å².